The van der Waals surface area contributed by atoms with E-state index in [1.54, 1.807) is 0 Å². The summed E-state index contributed by atoms with van der Waals surface area (Å²) in [6.45, 7) is 0. The predicted molar refractivity (Wildman–Crippen MR) is 171 cm³/mol. The van der Waals surface area contributed by atoms with Crippen molar-refractivity contribution in [3.8, 4) is 28.3 Å². The fraction of sp³-hybridized carbons (Fsp3) is 0. The van der Waals surface area contributed by atoms with Gasteiger partial charge >= 0.3 is 7.69 Å². The molecular formula is C36H25BN2O2. The highest BCUT2D eigenvalue weighted by molar-refractivity contribution is 6.17. The van der Waals surface area contributed by atoms with Gasteiger partial charge in [-0.25, -0.2) is 0 Å². The number of benzene rings is 6. The van der Waals surface area contributed by atoms with Crippen LogP contribution in [0.15, 0.2) is 140 Å². The molecule has 2 heterocycles. The average molecular weight is 528 g/mol. The number of nitrogens with zero attached hydrogens (tertiary/aromatic N) is 2. The van der Waals surface area contributed by atoms with Crippen molar-refractivity contribution in [2.24, 2.45) is 0 Å². The third-order valence-corrected chi connectivity index (χ3v) is 8.02. The van der Waals surface area contributed by atoms with Crippen LogP contribution >= 0.6 is 0 Å². The zero-order chi connectivity index (χ0) is 27.3. The van der Waals surface area contributed by atoms with Gasteiger partial charge in [0.05, 0.1) is 22.1 Å². The van der Waals surface area contributed by atoms with Gasteiger partial charge in [-0.05, 0) is 83.9 Å². The minimum absolute atomic E-state index is 0.337. The Labute approximate surface area is 237 Å². The second kappa shape index (κ2) is 9.44. The van der Waals surface area contributed by atoms with Gasteiger partial charge < -0.3 is 18.8 Å². The van der Waals surface area contributed by atoms with Crippen LogP contribution in [-0.4, -0.2) is 21.8 Å². The third-order valence-electron chi connectivity index (χ3n) is 8.02. The summed E-state index contributed by atoms with van der Waals surface area (Å²) in [5, 5.41) is 14.0. The Morgan fingerprint density at radius 1 is 0.439 bits per heavy atom. The van der Waals surface area contributed by atoms with Crippen LogP contribution in [0.3, 0.4) is 0 Å². The predicted octanol–water partition coefficient (Wildman–Crippen LogP) is 8.19. The molecule has 41 heavy (non-hydrogen) atoms. The lowest BCUT2D eigenvalue weighted by molar-refractivity contribution is 0.454. The highest BCUT2D eigenvalue weighted by Gasteiger charge is 2.16. The number of rotatable bonds is 5. The molecule has 6 aromatic carbocycles. The molecule has 8 aromatic rings. The number of hydrogen-bond donors (Lipinski definition) is 1. The van der Waals surface area contributed by atoms with Crippen LogP contribution in [0.5, 0.6) is 5.75 Å². The molecule has 0 spiro atoms. The first-order chi connectivity index (χ1) is 20.3. The monoisotopic (exact) mass is 528 g/mol. The molecule has 0 radical (unpaired) electrons. The van der Waals surface area contributed by atoms with Crippen molar-refractivity contribution in [3.05, 3.63) is 140 Å². The number of fused-ring (bicyclic) bond motifs is 6. The van der Waals surface area contributed by atoms with Crippen LogP contribution in [-0.2, 0) is 0 Å². The average Bonchev–Trinajstić information content (AvgIpc) is 3.54. The van der Waals surface area contributed by atoms with Crippen LogP contribution in [0.4, 0.5) is 0 Å². The summed E-state index contributed by atoms with van der Waals surface area (Å²) < 4.78 is 9.88. The lowest BCUT2D eigenvalue weighted by Gasteiger charge is -2.10. The van der Waals surface area contributed by atoms with E-state index >= 15 is 0 Å². The van der Waals surface area contributed by atoms with E-state index < -0.39 is 0 Å². The molecule has 0 aliphatic heterocycles. The molecule has 5 heteroatoms. The van der Waals surface area contributed by atoms with Gasteiger partial charge in [-0.2, -0.15) is 0 Å². The fourth-order valence-electron chi connectivity index (χ4n) is 6.20. The van der Waals surface area contributed by atoms with Crippen molar-refractivity contribution < 1.29 is 9.68 Å². The second-order valence-corrected chi connectivity index (χ2v) is 10.3. The fourth-order valence-corrected chi connectivity index (χ4v) is 6.20. The molecule has 4 nitrogen and oxygen atoms in total. The molecule has 194 valence electrons. The Balaban J connectivity index is 1.31. The molecule has 0 saturated carbocycles. The topological polar surface area (TPSA) is 39.3 Å². The maximum Gasteiger partial charge on any atom is 0.504 e. The standard InChI is InChI=1S/C36H25BN2O2/c40-37-41-28-18-16-27(17-19-28)39-34-13-7-5-11-30(34)32-23-25(15-21-36(32)39)24-14-20-35-31(22-24)29-10-4-6-12-33(29)38(35)26-8-2-1-3-9-26/h1-23,37,40H. The molecule has 8 rings (SSSR count). The molecule has 0 amide bonds. The molecule has 0 fully saturated rings. The molecule has 0 saturated heterocycles. The van der Waals surface area contributed by atoms with Gasteiger partial charge in [-0.1, -0.05) is 66.7 Å². The van der Waals surface area contributed by atoms with Crippen LogP contribution in [0, 0.1) is 0 Å². The first kappa shape index (κ1) is 23.6. The van der Waals surface area contributed by atoms with Gasteiger partial charge in [0.2, 0.25) is 0 Å². The highest BCUT2D eigenvalue weighted by atomic mass is 16.5. The quantitative estimate of drug-likeness (QED) is 0.229. The Hall–Kier alpha value is -5.26. The van der Waals surface area contributed by atoms with Crippen molar-refractivity contribution in [2.75, 3.05) is 0 Å². The van der Waals surface area contributed by atoms with Gasteiger partial charge in [0.15, 0.2) is 0 Å². The Kier molecular flexibility index (Phi) is 5.44. The second-order valence-electron chi connectivity index (χ2n) is 10.3. The van der Waals surface area contributed by atoms with Gasteiger partial charge in [0, 0.05) is 32.9 Å². The number of aromatic nitrogens is 2. The Morgan fingerprint density at radius 3 is 1.44 bits per heavy atom. The van der Waals surface area contributed by atoms with Gasteiger partial charge in [-0.15, -0.1) is 0 Å². The largest absolute Gasteiger partial charge is 0.539 e. The van der Waals surface area contributed by atoms with E-state index in [-0.39, 0.29) is 7.69 Å². The summed E-state index contributed by atoms with van der Waals surface area (Å²) in [5.74, 6) is 0.642. The van der Waals surface area contributed by atoms with Crippen molar-refractivity contribution in [1.82, 2.24) is 9.13 Å². The zero-order valence-corrected chi connectivity index (χ0v) is 22.2. The Morgan fingerprint density at radius 2 is 0.902 bits per heavy atom. The van der Waals surface area contributed by atoms with Crippen molar-refractivity contribution in [3.63, 3.8) is 0 Å². The summed E-state index contributed by atoms with van der Waals surface area (Å²) in [4.78, 5) is 0. The summed E-state index contributed by atoms with van der Waals surface area (Å²) in [5.41, 5.74) is 9.29. The summed E-state index contributed by atoms with van der Waals surface area (Å²) in [7, 11) is -0.337. The number of hydrogen-bond acceptors (Lipinski definition) is 2. The summed E-state index contributed by atoms with van der Waals surface area (Å²) >= 11 is 0. The third kappa shape index (κ3) is 3.74. The Bertz CT molecular complexity index is 2210. The molecule has 0 unspecified atom stereocenters. The van der Waals surface area contributed by atoms with Crippen LogP contribution in [0.25, 0.3) is 66.1 Å². The van der Waals surface area contributed by atoms with Crippen LogP contribution < -0.4 is 4.65 Å². The van der Waals surface area contributed by atoms with E-state index in [0.29, 0.717) is 5.75 Å². The minimum atomic E-state index is -0.337. The number of para-hydroxylation sites is 3. The van der Waals surface area contributed by atoms with Crippen molar-refractivity contribution >= 4 is 51.3 Å². The molecule has 0 bridgehead atoms. The normalized spacial score (nSPS) is 11.5. The molecular weight excluding hydrogens is 503 g/mol. The summed E-state index contributed by atoms with van der Waals surface area (Å²) in [6.07, 6.45) is 0. The summed E-state index contributed by atoms with van der Waals surface area (Å²) in [6, 6.07) is 49.2. The SMILES string of the molecule is OBOc1ccc(-n2c3ccccc3c3cc(-c4ccc5c(c4)c4ccccc4n5-c4ccccc4)ccc32)cc1. The first-order valence-corrected chi connectivity index (χ1v) is 13.8. The maximum atomic E-state index is 9.11. The van der Waals surface area contributed by atoms with E-state index in [2.05, 4.69) is 124 Å². The smallest absolute Gasteiger partial charge is 0.504 e. The van der Waals surface area contributed by atoms with Crippen LogP contribution in [0.2, 0.25) is 0 Å². The maximum absolute atomic E-state index is 9.11. The van der Waals surface area contributed by atoms with E-state index in [1.807, 2.05) is 24.3 Å². The first-order valence-electron chi connectivity index (χ1n) is 13.8. The lowest BCUT2D eigenvalue weighted by atomic mass is 10.0. The van der Waals surface area contributed by atoms with Gasteiger partial charge in [0.25, 0.3) is 0 Å². The molecule has 2 aromatic heterocycles. The lowest BCUT2D eigenvalue weighted by Crippen LogP contribution is -2.00. The molecule has 0 aliphatic carbocycles. The molecule has 1 N–H and O–H groups in total. The highest BCUT2D eigenvalue weighted by Crippen LogP contribution is 2.38. The van der Waals surface area contributed by atoms with Gasteiger partial charge in [-0.3, -0.25) is 0 Å². The van der Waals surface area contributed by atoms with Gasteiger partial charge in [0.1, 0.15) is 5.75 Å². The van der Waals surface area contributed by atoms with E-state index in [4.69, 9.17) is 9.68 Å². The van der Waals surface area contributed by atoms with Crippen LogP contribution in [0.1, 0.15) is 0 Å². The van der Waals surface area contributed by atoms with Crippen molar-refractivity contribution in [2.45, 2.75) is 0 Å². The van der Waals surface area contributed by atoms with E-state index in [0.717, 1.165) is 22.4 Å². The minimum Gasteiger partial charge on any atom is -0.539 e. The zero-order valence-electron chi connectivity index (χ0n) is 22.2. The van der Waals surface area contributed by atoms with E-state index in [9.17, 15) is 0 Å². The van der Waals surface area contributed by atoms with E-state index in [1.165, 1.54) is 43.7 Å². The van der Waals surface area contributed by atoms with Crippen molar-refractivity contribution in [1.29, 1.82) is 0 Å². The molecule has 0 atom stereocenters. The molecule has 0 aliphatic rings.